The number of likely N-dealkylation sites (tertiary alicyclic amines) is 1. The predicted octanol–water partition coefficient (Wildman–Crippen LogP) is 4.09. The minimum absolute atomic E-state index is 0.0137. The van der Waals surface area contributed by atoms with Gasteiger partial charge in [0.05, 0.1) is 12.5 Å². The highest BCUT2D eigenvalue weighted by molar-refractivity contribution is 6.30. The van der Waals surface area contributed by atoms with E-state index in [0.29, 0.717) is 33.2 Å². The molecule has 0 saturated carbocycles. The van der Waals surface area contributed by atoms with Crippen molar-refractivity contribution in [1.29, 1.82) is 0 Å². The van der Waals surface area contributed by atoms with E-state index in [1.54, 1.807) is 78.9 Å². The van der Waals surface area contributed by atoms with E-state index in [2.05, 4.69) is 16.0 Å². The van der Waals surface area contributed by atoms with Gasteiger partial charge >= 0.3 is 0 Å². The van der Waals surface area contributed by atoms with Gasteiger partial charge < -0.3 is 36.4 Å². The second kappa shape index (κ2) is 18.2. The third-order valence-electron chi connectivity index (χ3n) is 9.12. The van der Waals surface area contributed by atoms with Gasteiger partial charge in [0.25, 0.3) is 5.91 Å². The molecule has 4 atom stereocenters. The zero-order valence-electron chi connectivity index (χ0n) is 31.1. The van der Waals surface area contributed by atoms with E-state index in [9.17, 15) is 29.1 Å². The standard InChI is InChI=1S/C40H49Cl2N5O7/c1-39(2,3)46-37(52)35-40(4,5)19-20-47(35)38(53)33(50)29(21-24-9-7-6-8-10-24)45-36(51)30(22-31(43)48)44-32(49)23-54-34(25-11-15-27(41)16-12-25)26-13-17-28(42)18-14-26/h6-18,29-30,33-35,50H,19-23H2,1-5H3,(H2,43,48)(H,44,49)(H,45,51)(H,46,52)/t29-,30-,33-,35+/m0/s1. The van der Waals surface area contributed by atoms with Gasteiger partial charge in [0.2, 0.25) is 23.6 Å². The zero-order valence-corrected chi connectivity index (χ0v) is 32.6. The lowest BCUT2D eigenvalue weighted by atomic mass is 9.83. The van der Waals surface area contributed by atoms with Crippen molar-refractivity contribution in [1.82, 2.24) is 20.9 Å². The number of ether oxygens (including phenoxy) is 1. The molecule has 1 fully saturated rings. The van der Waals surface area contributed by atoms with E-state index in [4.69, 9.17) is 33.7 Å². The van der Waals surface area contributed by atoms with Crippen LogP contribution in [-0.2, 0) is 35.1 Å². The normalized spacial score (nSPS) is 17.0. The molecule has 1 heterocycles. The highest BCUT2D eigenvalue weighted by Crippen LogP contribution is 2.37. The second-order valence-electron chi connectivity index (χ2n) is 15.2. The Bertz CT molecular complexity index is 1740. The predicted molar refractivity (Wildman–Crippen MR) is 206 cm³/mol. The van der Waals surface area contributed by atoms with Gasteiger partial charge in [-0.05, 0) is 80.0 Å². The Kier molecular flexibility index (Phi) is 14.3. The second-order valence-corrected chi connectivity index (χ2v) is 16.1. The van der Waals surface area contributed by atoms with Crippen LogP contribution in [0.15, 0.2) is 78.9 Å². The highest BCUT2D eigenvalue weighted by atomic mass is 35.5. The van der Waals surface area contributed by atoms with E-state index in [-0.39, 0.29) is 18.9 Å². The molecule has 0 radical (unpaired) electrons. The summed E-state index contributed by atoms with van der Waals surface area (Å²) in [6, 6.07) is 19.1. The Balaban J connectivity index is 1.54. The van der Waals surface area contributed by atoms with Gasteiger partial charge in [-0.3, -0.25) is 24.0 Å². The molecule has 12 nitrogen and oxygen atoms in total. The summed E-state index contributed by atoms with van der Waals surface area (Å²) in [5.41, 5.74) is 6.42. The number of primary amides is 1. The first kappa shape index (κ1) is 42.3. The SMILES string of the molecule is CC(C)(C)NC(=O)[C@H]1N(C(=O)[C@@H](O)[C@H](Cc2ccccc2)NC(=O)[C@H](CC(N)=O)NC(=O)COC(c2ccc(Cl)cc2)c2ccc(Cl)cc2)CCC1(C)C. The van der Waals surface area contributed by atoms with Crippen LogP contribution in [0.1, 0.15) is 70.3 Å². The lowest BCUT2D eigenvalue weighted by Gasteiger charge is -2.36. The number of amides is 5. The molecule has 0 aliphatic carbocycles. The largest absolute Gasteiger partial charge is 0.381 e. The molecule has 3 aromatic carbocycles. The summed E-state index contributed by atoms with van der Waals surface area (Å²) in [4.78, 5) is 68.1. The maximum Gasteiger partial charge on any atom is 0.254 e. The molecule has 3 aromatic rings. The molecule has 5 amide bonds. The van der Waals surface area contributed by atoms with Gasteiger partial charge in [-0.25, -0.2) is 0 Å². The van der Waals surface area contributed by atoms with E-state index < -0.39 is 77.9 Å². The number of halogens is 2. The third kappa shape index (κ3) is 11.8. The smallest absolute Gasteiger partial charge is 0.254 e. The molecule has 0 bridgehead atoms. The minimum atomic E-state index is -1.79. The lowest BCUT2D eigenvalue weighted by molar-refractivity contribution is -0.149. The van der Waals surface area contributed by atoms with Crippen molar-refractivity contribution < 1.29 is 33.8 Å². The fraction of sp³-hybridized carbons (Fsp3) is 0.425. The van der Waals surface area contributed by atoms with Crippen LogP contribution >= 0.6 is 23.2 Å². The number of benzene rings is 3. The van der Waals surface area contributed by atoms with Gasteiger partial charge in [-0.2, -0.15) is 0 Å². The van der Waals surface area contributed by atoms with Crippen LogP contribution in [0, 0.1) is 5.41 Å². The summed E-state index contributed by atoms with van der Waals surface area (Å²) < 4.78 is 6.04. The zero-order chi connectivity index (χ0) is 39.8. The number of carbonyl (C=O) groups is 5. The molecular formula is C40H49Cl2N5O7. The maximum absolute atomic E-state index is 14.0. The first-order valence-corrected chi connectivity index (χ1v) is 18.5. The number of nitrogens with two attached hydrogens (primary N) is 1. The van der Waals surface area contributed by atoms with Crippen LogP contribution in [0.3, 0.4) is 0 Å². The number of nitrogens with one attached hydrogen (secondary N) is 3. The van der Waals surface area contributed by atoms with Crippen molar-refractivity contribution >= 4 is 52.7 Å². The Labute approximate surface area is 326 Å². The van der Waals surface area contributed by atoms with E-state index in [1.807, 2.05) is 34.6 Å². The molecule has 1 aliphatic heterocycles. The molecule has 0 spiro atoms. The minimum Gasteiger partial charge on any atom is -0.381 e. The fourth-order valence-corrected chi connectivity index (χ4v) is 6.72. The van der Waals surface area contributed by atoms with Crippen LogP contribution in [0.25, 0.3) is 0 Å². The Morgan fingerprint density at radius 3 is 1.98 bits per heavy atom. The number of aliphatic hydroxyl groups is 1. The summed E-state index contributed by atoms with van der Waals surface area (Å²) >= 11 is 12.2. The topological polar surface area (TPSA) is 180 Å². The van der Waals surface area contributed by atoms with Gasteiger partial charge in [0.15, 0.2) is 6.10 Å². The summed E-state index contributed by atoms with van der Waals surface area (Å²) in [6.45, 7) is 8.98. The van der Waals surface area contributed by atoms with Crippen molar-refractivity contribution in [3.63, 3.8) is 0 Å². The molecule has 4 rings (SSSR count). The number of rotatable bonds is 15. The summed E-state index contributed by atoms with van der Waals surface area (Å²) in [5.74, 6) is -3.55. The average molecular weight is 783 g/mol. The van der Waals surface area contributed by atoms with Gasteiger partial charge in [-0.1, -0.05) is 91.6 Å². The van der Waals surface area contributed by atoms with Gasteiger partial charge in [-0.15, -0.1) is 0 Å². The van der Waals surface area contributed by atoms with E-state index in [1.165, 1.54) is 4.90 Å². The molecule has 54 heavy (non-hydrogen) atoms. The van der Waals surface area contributed by atoms with Crippen LogP contribution in [0.4, 0.5) is 0 Å². The molecular weight excluding hydrogens is 733 g/mol. The Morgan fingerprint density at radius 1 is 0.907 bits per heavy atom. The fourth-order valence-electron chi connectivity index (χ4n) is 6.47. The van der Waals surface area contributed by atoms with Crippen LogP contribution < -0.4 is 21.7 Å². The lowest BCUT2D eigenvalue weighted by Crippen LogP contribution is -2.60. The first-order chi connectivity index (χ1) is 25.3. The third-order valence-corrected chi connectivity index (χ3v) is 9.63. The van der Waals surface area contributed by atoms with Gasteiger partial charge in [0.1, 0.15) is 24.8 Å². The first-order valence-electron chi connectivity index (χ1n) is 17.7. The maximum atomic E-state index is 14.0. The molecule has 0 aromatic heterocycles. The van der Waals surface area contributed by atoms with Crippen molar-refractivity contribution in [2.45, 2.75) is 89.8 Å². The Morgan fingerprint density at radius 2 is 1.46 bits per heavy atom. The summed E-state index contributed by atoms with van der Waals surface area (Å²) in [7, 11) is 0. The van der Waals surface area contributed by atoms with Crippen molar-refractivity contribution in [2.24, 2.45) is 11.1 Å². The van der Waals surface area contributed by atoms with E-state index >= 15 is 0 Å². The van der Waals surface area contributed by atoms with Crippen molar-refractivity contribution in [3.8, 4) is 0 Å². The monoisotopic (exact) mass is 781 g/mol. The number of carbonyl (C=O) groups excluding carboxylic acids is 5. The molecule has 14 heteroatoms. The van der Waals surface area contributed by atoms with Crippen LogP contribution in [0.5, 0.6) is 0 Å². The van der Waals surface area contributed by atoms with Gasteiger partial charge in [0, 0.05) is 22.1 Å². The number of hydrogen-bond acceptors (Lipinski definition) is 7. The average Bonchev–Trinajstić information content (AvgIpc) is 3.42. The molecule has 1 saturated heterocycles. The summed E-state index contributed by atoms with van der Waals surface area (Å²) in [5, 5.41) is 20.8. The number of hydrogen-bond donors (Lipinski definition) is 5. The molecule has 6 N–H and O–H groups in total. The van der Waals surface area contributed by atoms with Crippen molar-refractivity contribution in [2.75, 3.05) is 13.2 Å². The Hall–Kier alpha value is -4.49. The van der Waals surface area contributed by atoms with Crippen molar-refractivity contribution in [3.05, 3.63) is 106 Å². The quantitative estimate of drug-likeness (QED) is 0.154. The molecule has 290 valence electrons. The number of aliphatic hydroxyl groups excluding tert-OH is 1. The highest BCUT2D eigenvalue weighted by Gasteiger charge is 2.49. The summed E-state index contributed by atoms with van der Waals surface area (Å²) in [6.07, 6.45) is -2.56. The van der Waals surface area contributed by atoms with Crippen LogP contribution in [0.2, 0.25) is 10.0 Å². The number of nitrogens with zero attached hydrogens (tertiary/aromatic N) is 1. The van der Waals surface area contributed by atoms with E-state index in [0.717, 1.165) is 0 Å². The molecule has 1 aliphatic rings. The molecule has 0 unspecified atom stereocenters. The van der Waals surface area contributed by atoms with Crippen LogP contribution in [-0.4, -0.2) is 82.5 Å².